The predicted octanol–water partition coefficient (Wildman–Crippen LogP) is 0.422. The second-order valence-corrected chi connectivity index (χ2v) is 6.48. The van der Waals surface area contributed by atoms with Gasteiger partial charge >= 0.3 is 0 Å². The summed E-state index contributed by atoms with van der Waals surface area (Å²) in [6, 6.07) is 12.8. The van der Waals surface area contributed by atoms with E-state index in [1.807, 2.05) is 6.07 Å². The molecule has 0 radical (unpaired) electrons. The lowest BCUT2D eigenvalue weighted by Crippen LogP contribution is -2.51. The molecule has 29 heavy (non-hydrogen) atoms. The summed E-state index contributed by atoms with van der Waals surface area (Å²) in [5.41, 5.74) is 0.240. The van der Waals surface area contributed by atoms with Crippen LogP contribution in [0.1, 0.15) is 20.7 Å². The Labute approximate surface area is 168 Å². The molecular weight excluding hydrogens is 376 g/mol. The van der Waals surface area contributed by atoms with Gasteiger partial charge in [0.25, 0.3) is 11.8 Å². The predicted molar refractivity (Wildman–Crippen MR) is 102 cm³/mol. The summed E-state index contributed by atoms with van der Waals surface area (Å²) in [6.45, 7) is 1.34. The summed E-state index contributed by atoms with van der Waals surface area (Å²) in [5, 5.41) is 11.0. The van der Waals surface area contributed by atoms with Gasteiger partial charge in [-0.1, -0.05) is 24.3 Å². The van der Waals surface area contributed by atoms with Gasteiger partial charge in [0.1, 0.15) is 0 Å². The molecule has 1 heterocycles. The van der Waals surface area contributed by atoms with Crippen LogP contribution in [0.25, 0.3) is 0 Å². The number of carboxylic acids is 1. The molecule has 2 aromatic carbocycles. The fraction of sp³-hybridized carbons (Fsp3) is 0.286. The zero-order valence-electron chi connectivity index (χ0n) is 16.0. The number of benzene rings is 2. The zero-order chi connectivity index (χ0) is 20.8. The van der Waals surface area contributed by atoms with Crippen molar-refractivity contribution in [3.05, 3.63) is 59.7 Å². The topological polar surface area (TPSA) is 99.2 Å². The summed E-state index contributed by atoms with van der Waals surface area (Å²) in [6.07, 6.45) is 0. The van der Waals surface area contributed by atoms with Crippen molar-refractivity contribution in [2.75, 3.05) is 39.9 Å². The Morgan fingerprint density at radius 3 is 2.17 bits per heavy atom. The molecule has 0 atom stereocenters. The van der Waals surface area contributed by atoms with Crippen LogP contribution < -0.4 is 14.6 Å². The molecule has 152 valence electrons. The highest BCUT2D eigenvalue weighted by Gasteiger charge is 2.25. The average Bonchev–Trinajstić information content (AvgIpc) is 2.77. The highest BCUT2D eigenvalue weighted by molar-refractivity contribution is 5.97. The Morgan fingerprint density at radius 1 is 0.897 bits per heavy atom. The summed E-state index contributed by atoms with van der Waals surface area (Å²) in [7, 11) is 1.53. The van der Waals surface area contributed by atoms with Crippen molar-refractivity contribution >= 4 is 17.8 Å². The van der Waals surface area contributed by atoms with Crippen LogP contribution in [0.3, 0.4) is 0 Å². The minimum atomic E-state index is -1.33. The van der Waals surface area contributed by atoms with Crippen LogP contribution in [0.4, 0.5) is 0 Å². The molecule has 2 amide bonds. The van der Waals surface area contributed by atoms with E-state index in [-0.39, 0.29) is 29.5 Å². The van der Waals surface area contributed by atoms with Crippen molar-refractivity contribution in [3.63, 3.8) is 0 Å². The molecule has 8 nitrogen and oxygen atoms in total. The van der Waals surface area contributed by atoms with Crippen molar-refractivity contribution in [1.82, 2.24) is 9.80 Å². The second-order valence-electron chi connectivity index (χ2n) is 6.48. The quantitative estimate of drug-likeness (QED) is 0.701. The average molecular weight is 397 g/mol. The van der Waals surface area contributed by atoms with Crippen LogP contribution in [-0.2, 0) is 4.79 Å². The Kier molecular flexibility index (Phi) is 6.33. The molecule has 0 saturated carbocycles. The highest BCUT2D eigenvalue weighted by Crippen LogP contribution is 2.25. The standard InChI is InChI=1S/C21H22N2O6/c1-28-17-7-2-3-8-18(17)29-14-19(24)22-9-11-23(12-10-22)20(25)15-5-4-6-16(13-15)21(26)27/h2-8,13H,9-12,14H2,1H3,(H,26,27)/p-1. The van der Waals surface area contributed by atoms with Gasteiger partial charge in [0.2, 0.25) is 0 Å². The number of rotatable bonds is 6. The Balaban J connectivity index is 1.53. The first kappa shape index (κ1) is 20.2. The number of ether oxygens (including phenoxy) is 2. The lowest BCUT2D eigenvalue weighted by molar-refractivity contribution is -0.255. The van der Waals surface area contributed by atoms with Gasteiger partial charge in [-0.3, -0.25) is 9.59 Å². The first-order valence-electron chi connectivity index (χ1n) is 9.14. The number of carbonyl (C=O) groups excluding carboxylic acids is 3. The van der Waals surface area contributed by atoms with Gasteiger partial charge in [0.15, 0.2) is 18.1 Å². The molecule has 1 aliphatic heterocycles. The number of nitrogens with zero attached hydrogens (tertiary/aromatic N) is 2. The molecular formula is C21H21N2O6-. The molecule has 8 heteroatoms. The smallest absolute Gasteiger partial charge is 0.260 e. The summed E-state index contributed by atoms with van der Waals surface area (Å²) < 4.78 is 10.8. The van der Waals surface area contributed by atoms with Gasteiger partial charge < -0.3 is 29.2 Å². The van der Waals surface area contributed by atoms with E-state index in [1.165, 1.54) is 25.3 Å². The lowest BCUT2D eigenvalue weighted by atomic mass is 10.1. The van der Waals surface area contributed by atoms with Crippen molar-refractivity contribution < 1.29 is 29.0 Å². The third-order valence-corrected chi connectivity index (χ3v) is 4.69. The lowest BCUT2D eigenvalue weighted by Gasteiger charge is -2.34. The van der Waals surface area contributed by atoms with Crippen LogP contribution in [0, 0.1) is 0 Å². The monoisotopic (exact) mass is 397 g/mol. The molecule has 0 unspecified atom stereocenters. The molecule has 1 aliphatic rings. The van der Waals surface area contributed by atoms with Gasteiger partial charge in [-0.25, -0.2) is 0 Å². The van der Waals surface area contributed by atoms with Crippen molar-refractivity contribution in [3.8, 4) is 11.5 Å². The van der Waals surface area contributed by atoms with Gasteiger partial charge in [-0.05, 0) is 29.8 Å². The van der Waals surface area contributed by atoms with Crippen LogP contribution in [0.5, 0.6) is 11.5 Å². The number of amides is 2. The van der Waals surface area contributed by atoms with E-state index in [2.05, 4.69) is 0 Å². The summed E-state index contributed by atoms with van der Waals surface area (Å²) in [4.78, 5) is 39.2. The number of carboxylic acid groups (broad SMARTS) is 1. The molecule has 0 aromatic heterocycles. The maximum atomic E-state index is 12.6. The third-order valence-electron chi connectivity index (χ3n) is 4.69. The maximum absolute atomic E-state index is 12.6. The number of hydrogen-bond acceptors (Lipinski definition) is 6. The highest BCUT2D eigenvalue weighted by atomic mass is 16.5. The minimum absolute atomic E-state index is 0.0434. The molecule has 1 saturated heterocycles. The number of para-hydroxylation sites is 2. The first-order valence-corrected chi connectivity index (χ1v) is 9.14. The molecule has 1 fully saturated rings. The van der Waals surface area contributed by atoms with Gasteiger partial charge in [-0.15, -0.1) is 0 Å². The van der Waals surface area contributed by atoms with Crippen molar-refractivity contribution in [2.45, 2.75) is 0 Å². The Morgan fingerprint density at radius 2 is 1.52 bits per heavy atom. The number of methoxy groups -OCH3 is 1. The molecule has 0 aliphatic carbocycles. The minimum Gasteiger partial charge on any atom is -0.545 e. The molecule has 0 spiro atoms. The van der Waals surface area contributed by atoms with Crippen LogP contribution in [0.2, 0.25) is 0 Å². The maximum Gasteiger partial charge on any atom is 0.260 e. The SMILES string of the molecule is COc1ccccc1OCC(=O)N1CCN(C(=O)c2cccc(C(=O)[O-])c2)CC1. The van der Waals surface area contributed by atoms with E-state index in [4.69, 9.17) is 9.47 Å². The Hall–Kier alpha value is -3.55. The van der Waals surface area contributed by atoms with Crippen molar-refractivity contribution in [1.29, 1.82) is 0 Å². The normalized spacial score (nSPS) is 13.7. The van der Waals surface area contributed by atoms with E-state index in [0.717, 1.165) is 0 Å². The van der Waals surface area contributed by atoms with Crippen LogP contribution in [-0.4, -0.2) is 67.5 Å². The third kappa shape index (κ3) is 4.84. The van der Waals surface area contributed by atoms with Gasteiger partial charge in [0, 0.05) is 31.7 Å². The van der Waals surface area contributed by atoms with Crippen LogP contribution in [0.15, 0.2) is 48.5 Å². The van der Waals surface area contributed by atoms with Gasteiger partial charge in [-0.2, -0.15) is 0 Å². The van der Waals surface area contributed by atoms with E-state index >= 15 is 0 Å². The first-order chi connectivity index (χ1) is 14.0. The van der Waals surface area contributed by atoms with Gasteiger partial charge in [0.05, 0.1) is 13.1 Å². The van der Waals surface area contributed by atoms with Crippen LogP contribution >= 0.6 is 0 Å². The zero-order valence-corrected chi connectivity index (χ0v) is 16.0. The number of aromatic carboxylic acids is 1. The number of hydrogen-bond donors (Lipinski definition) is 0. The number of piperazine rings is 1. The van der Waals surface area contributed by atoms with Crippen molar-refractivity contribution in [2.24, 2.45) is 0 Å². The summed E-state index contributed by atoms with van der Waals surface area (Å²) >= 11 is 0. The summed E-state index contributed by atoms with van der Waals surface area (Å²) in [5.74, 6) is -0.739. The van der Waals surface area contributed by atoms with E-state index < -0.39 is 5.97 Å². The molecule has 0 bridgehead atoms. The molecule has 2 aromatic rings. The van der Waals surface area contributed by atoms with E-state index in [0.29, 0.717) is 37.7 Å². The van der Waals surface area contributed by atoms with E-state index in [1.54, 1.807) is 34.1 Å². The van der Waals surface area contributed by atoms with E-state index in [9.17, 15) is 19.5 Å². The largest absolute Gasteiger partial charge is 0.545 e. The fourth-order valence-corrected chi connectivity index (χ4v) is 3.09. The number of carbonyl (C=O) groups is 3. The fourth-order valence-electron chi connectivity index (χ4n) is 3.09. The second kappa shape index (κ2) is 9.09. The Bertz CT molecular complexity index is 906. The molecule has 0 N–H and O–H groups in total. The molecule has 3 rings (SSSR count).